The van der Waals surface area contributed by atoms with Crippen molar-refractivity contribution >= 4 is 11.7 Å². The van der Waals surface area contributed by atoms with Crippen molar-refractivity contribution in [3.8, 4) is 17.3 Å². The molecule has 4 rings (SSSR count). The van der Waals surface area contributed by atoms with E-state index in [4.69, 9.17) is 13.9 Å². The fraction of sp³-hybridized carbons (Fsp3) is 0.360. The maximum Gasteiger partial charge on any atom is 0.283 e. The molecule has 0 atom stereocenters. The number of anilines is 1. The van der Waals surface area contributed by atoms with Gasteiger partial charge in [-0.1, -0.05) is 45.9 Å². The molecule has 0 aliphatic heterocycles. The van der Waals surface area contributed by atoms with Gasteiger partial charge in [0, 0.05) is 11.5 Å². The molecule has 0 radical (unpaired) electrons. The van der Waals surface area contributed by atoms with Crippen LogP contribution in [0.4, 0.5) is 5.82 Å². The minimum Gasteiger partial charge on any atom is -0.459 e. The number of amides is 1. The van der Waals surface area contributed by atoms with Crippen LogP contribution in [0.25, 0.3) is 17.3 Å². The van der Waals surface area contributed by atoms with Crippen LogP contribution in [0.2, 0.25) is 0 Å². The molecule has 0 aliphatic carbocycles. The minimum absolute atomic E-state index is 0.142. The number of aromatic nitrogens is 4. The summed E-state index contributed by atoms with van der Waals surface area (Å²) in [6, 6.07) is 15.2. The number of nitrogens with one attached hydrogen (secondary N) is 1. The van der Waals surface area contributed by atoms with Gasteiger partial charge in [0.2, 0.25) is 11.8 Å². The predicted octanol–water partition coefficient (Wildman–Crippen LogP) is 4.66. The number of carbonyl (C=O) groups is 1. The summed E-state index contributed by atoms with van der Waals surface area (Å²) in [6.07, 6.45) is 2.43. The molecule has 0 fully saturated rings. The van der Waals surface area contributed by atoms with E-state index in [9.17, 15) is 4.79 Å². The molecule has 1 N–H and O–H groups in total. The zero-order chi connectivity index (χ0) is 24.1. The molecular formula is C25H30N6O3. The van der Waals surface area contributed by atoms with Crippen molar-refractivity contribution in [2.24, 2.45) is 0 Å². The molecular weight excluding hydrogens is 432 g/mol. The van der Waals surface area contributed by atoms with Crippen LogP contribution >= 0.6 is 0 Å². The van der Waals surface area contributed by atoms with Crippen molar-refractivity contribution < 1.29 is 13.6 Å². The van der Waals surface area contributed by atoms with Gasteiger partial charge < -0.3 is 14.2 Å². The van der Waals surface area contributed by atoms with Crippen molar-refractivity contribution in [1.29, 1.82) is 0 Å². The summed E-state index contributed by atoms with van der Waals surface area (Å²) in [4.78, 5) is 15.0. The lowest BCUT2D eigenvalue weighted by molar-refractivity contribution is -0.117. The van der Waals surface area contributed by atoms with Gasteiger partial charge in [-0.15, -0.1) is 10.2 Å². The Morgan fingerprint density at radius 3 is 2.59 bits per heavy atom. The van der Waals surface area contributed by atoms with E-state index < -0.39 is 0 Å². The minimum atomic E-state index is -0.155. The van der Waals surface area contributed by atoms with E-state index in [1.54, 1.807) is 23.1 Å². The number of rotatable bonds is 9. The van der Waals surface area contributed by atoms with Gasteiger partial charge >= 0.3 is 0 Å². The second-order valence-electron chi connectivity index (χ2n) is 9.15. The second kappa shape index (κ2) is 10.0. The normalized spacial score (nSPS) is 11.8. The first-order valence-corrected chi connectivity index (χ1v) is 11.4. The van der Waals surface area contributed by atoms with Crippen LogP contribution in [0.5, 0.6) is 0 Å². The van der Waals surface area contributed by atoms with E-state index in [1.807, 2.05) is 41.3 Å². The lowest BCUT2D eigenvalue weighted by Gasteiger charge is -2.19. The standard InChI is InChI=1S/C25H30N6O3/c1-5-13-30(17-23-27-28-24(34-23)19-12-9-14-33-19)16-22(32)26-21-15-20(25(2,3)4)29-31(21)18-10-7-6-8-11-18/h6-12,14-15H,5,13,16-17H2,1-4H3,(H,26,32). The second-order valence-corrected chi connectivity index (χ2v) is 9.15. The van der Waals surface area contributed by atoms with Gasteiger partial charge in [0.05, 0.1) is 30.7 Å². The molecule has 0 unspecified atom stereocenters. The highest BCUT2D eigenvalue weighted by atomic mass is 16.4. The Morgan fingerprint density at radius 2 is 1.91 bits per heavy atom. The maximum absolute atomic E-state index is 13.0. The molecule has 0 bridgehead atoms. The first kappa shape index (κ1) is 23.4. The first-order valence-electron chi connectivity index (χ1n) is 11.4. The molecule has 3 aromatic heterocycles. The summed E-state index contributed by atoms with van der Waals surface area (Å²) in [5, 5.41) is 15.9. The highest BCUT2D eigenvalue weighted by Gasteiger charge is 2.22. The zero-order valence-electron chi connectivity index (χ0n) is 20.0. The van der Waals surface area contributed by atoms with Gasteiger partial charge in [-0.3, -0.25) is 9.69 Å². The average molecular weight is 463 g/mol. The van der Waals surface area contributed by atoms with Crippen LogP contribution < -0.4 is 5.32 Å². The van der Waals surface area contributed by atoms with E-state index in [1.165, 1.54) is 0 Å². The van der Waals surface area contributed by atoms with Crippen LogP contribution in [-0.2, 0) is 16.8 Å². The van der Waals surface area contributed by atoms with Crippen molar-refractivity contribution in [2.75, 3.05) is 18.4 Å². The lowest BCUT2D eigenvalue weighted by atomic mass is 9.92. The molecule has 4 aromatic rings. The molecule has 178 valence electrons. The van der Waals surface area contributed by atoms with E-state index in [2.05, 4.69) is 43.2 Å². The maximum atomic E-state index is 13.0. The molecule has 0 aliphatic rings. The fourth-order valence-corrected chi connectivity index (χ4v) is 3.53. The number of furan rings is 1. The van der Waals surface area contributed by atoms with Crippen LogP contribution in [0, 0.1) is 0 Å². The van der Waals surface area contributed by atoms with Gasteiger partial charge in [0.25, 0.3) is 5.89 Å². The Balaban J connectivity index is 1.48. The average Bonchev–Trinajstić information content (AvgIpc) is 3.55. The van der Waals surface area contributed by atoms with Gasteiger partial charge in [0.15, 0.2) is 5.76 Å². The molecule has 3 heterocycles. The monoisotopic (exact) mass is 462 g/mol. The van der Waals surface area contributed by atoms with E-state index >= 15 is 0 Å². The van der Waals surface area contributed by atoms with Crippen molar-refractivity contribution in [1.82, 2.24) is 24.9 Å². The fourth-order valence-electron chi connectivity index (χ4n) is 3.53. The number of nitrogens with zero attached hydrogens (tertiary/aromatic N) is 5. The Labute approximate surface area is 198 Å². The topological polar surface area (TPSA) is 102 Å². The van der Waals surface area contributed by atoms with Gasteiger partial charge in [-0.25, -0.2) is 4.68 Å². The number of carbonyl (C=O) groups excluding carboxylic acids is 1. The molecule has 0 spiro atoms. The Kier molecular flexibility index (Phi) is 6.93. The quantitative estimate of drug-likeness (QED) is 0.386. The third-order valence-electron chi connectivity index (χ3n) is 5.21. The molecule has 1 aromatic carbocycles. The van der Waals surface area contributed by atoms with E-state index in [0.29, 0.717) is 36.4 Å². The summed E-state index contributed by atoms with van der Waals surface area (Å²) >= 11 is 0. The van der Waals surface area contributed by atoms with Crippen LogP contribution in [0.3, 0.4) is 0 Å². The van der Waals surface area contributed by atoms with Crippen LogP contribution in [0.15, 0.2) is 63.6 Å². The molecule has 0 saturated heterocycles. The molecule has 1 amide bonds. The van der Waals surface area contributed by atoms with Gasteiger partial charge in [-0.2, -0.15) is 5.10 Å². The van der Waals surface area contributed by atoms with Crippen molar-refractivity contribution in [3.63, 3.8) is 0 Å². The van der Waals surface area contributed by atoms with E-state index in [-0.39, 0.29) is 17.9 Å². The highest BCUT2D eigenvalue weighted by molar-refractivity contribution is 5.91. The van der Waals surface area contributed by atoms with Crippen molar-refractivity contribution in [2.45, 2.75) is 46.1 Å². The Hall–Kier alpha value is -3.72. The zero-order valence-corrected chi connectivity index (χ0v) is 20.0. The molecule has 9 heteroatoms. The third kappa shape index (κ3) is 5.60. The number of hydrogen-bond acceptors (Lipinski definition) is 7. The Morgan fingerprint density at radius 1 is 1.12 bits per heavy atom. The van der Waals surface area contributed by atoms with E-state index in [0.717, 1.165) is 17.8 Å². The summed E-state index contributed by atoms with van der Waals surface area (Å²) in [5.74, 6) is 1.76. The molecule has 0 saturated carbocycles. The predicted molar refractivity (Wildman–Crippen MR) is 128 cm³/mol. The summed E-state index contributed by atoms with van der Waals surface area (Å²) in [5.41, 5.74) is 1.63. The summed E-state index contributed by atoms with van der Waals surface area (Å²) in [7, 11) is 0. The molecule has 34 heavy (non-hydrogen) atoms. The third-order valence-corrected chi connectivity index (χ3v) is 5.21. The first-order chi connectivity index (χ1) is 16.3. The van der Waals surface area contributed by atoms with Gasteiger partial charge in [-0.05, 0) is 37.2 Å². The van der Waals surface area contributed by atoms with Gasteiger partial charge in [0.1, 0.15) is 5.82 Å². The molecule has 9 nitrogen and oxygen atoms in total. The number of para-hydroxylation sites is 1. The summed E-state index contributed by atoms with van der Waals surface area (Å²) < 4.78 is 12.8. The highest BCUT2D eigenvalue weighted by Crippen LogP contribution is 2.26. The largest absolute Gasteiger partial charge is 0.459 e. The van der Waals surface area contributed by atoms with Crippen LogP contribution in [0.1, 0.15) is 45.7 Å². The summed E-state index contributed by atoms with van der Waals surface area (Å²) in [6.45, 7) is 9.60. The Bertz CT molecular complexity index is 1210. The lowest BCUT2D eigenvalue weighted by Crippen LogP contribution is -2.34. The smallest absolute Gasteiger partial charge is 0.283 e. The number of benzene rings is 1. The SMILES string of the molecule is CCCN(CC(=O)Nc1cc(C(C)(C)C)nn1-c1ccccc1)Cc1nnc(-c2ccco2)o1. The van der Waals surface area contributed by atoms with Crippen LogP contribution in [-0.4, -0.2) is 43.9 Å². The number of hydrogen-bond donors (Lipinski definition) is 1. The van der Waals surface area contributed by atoms with Crippen molar-refractivity contribution in [3.05, 3.63) is 66.4 Å².